The van der Waals surface area contributed by atoms with Crippen LogP contribution in [0.5, 0.6) is 11.5 Å². The SMILES string of the molecule is COc1ccc(C(=O)NCC(c2ccc3c(c2)CCN3C)N(C)C)c(OC)c1. The fourth-order valence-corrected chi connectivity index (χ4v) is 3.66. The molecule has 0 fully saturated rings. The van der Waals surface area contributed by atoms with Crippen LogP contribution in [0, 0.1) is 0 Å². The van der Waals surface area contributed by atoms with Crippen LogP contribution in [-0.4, -0.2) is 59.3 Å². The van der Waals surface area contributed by atoms with Gasteiger partial charge in [-0.15, -0.1) is 0 Å². The zero-order valence-corrected chi connectivity index (χ0v) is 17.3. The van der Waals surface area contributed by atoms with Gasteiger partial charge in [-0.3, -0.25) is 4.79 Å². The van der Waals surface area contributed by atoms with Crippen molar-refractivity contribution in [2.24, 2.45) is 0 Å². The Morgan fingerprint density at radius 3 is 2.64 bits per heavy atom. The summed E-state index contributed by atoms with van der Waals surface area (Å²) in [5, 5.41) is 3.06. The first-order chi connectivity index (χ1) is 13.4. The van der Waals surface area contributed by atoms with E-state index in [1.165, 1.54) is 16.8 Å². The third-order valence-electron chi connectivity index (χ3n) is 5.35. The monoisotopic (exact) mass is 383 g/mol. The summed E-state index contributed by atoms with van der Waals surface area (Å²) in [6, 6.07) is 11.9. The largest absolute Gasteiger partial charge is 0.497 e. The normalized spacial score (nSPS) is 14.0. The molecule has 1 N–H and O–H groups in total. The second kappa shape index (κ2) is 8.52. The predicted molar refractivity (Wildman–Crippen MR) is 112 cm³/mol. The van der Waals surface area contributed by atoms with Crippen LogP contribution >= 0.6 is 0 Å². The number of ether oxygens (including phenoxy) is 2. The maximum atomic E-state index is 12.8. The number of nitrogens with zero attached hydrogens (tertiary/aromatic N) is 2. The maximum absolute atomic E-state index is 12.8. The number of amides is 1. The van der Waals surface area contributed by atoms with Gasteiger partial charge < -0.3 is 24.6 Å². The molecule has 1 amide bonds. The molecule has 2 aromatic carbocycles. The average molecular weight is 383 g/mol. The van der Waals surface area contributed by atoms with Gasteiger partial charge in [-0.2, -0.15) is 0 Å². The van der Waals surface area contributed by atoms with Gasteiger partial charge in [0, 0.05) is 31.9 Å². The quantitative estimate of drug-likeness (QED) is 0.797. The molecule has 150 valence electrons. The molecule has 0 radical (unpaired) electrons. The van der Waals surface area contributed by atoms with E-state index in [0.717, 1.165) is 13.0 Å². The number of hydrogen-bond acceptors (Lipinski definition) is 5. The first-order valence-corrected chi connectivity index (χ1v) is 9.45. The van der Waals surface area contributed by atoms with Crippen LogP contribution in [0.25, 0.3) is 0 Å². The van der Waals surface area contributed by atoms with E-state index in [-0.39, 0.29) is 11.9 Å². The van der Waals surface area contributed by atoms with Crippen LogP contribution in [0.15, 0.2) is 36.4 Å². The lowest BCUT2D eigenvalue weighted by Crippen LogP contribution is -2.34. The third-order valence-corrected chi connectivity index (χ3v) is 5.35. The summed E-state index contributed by atoms with van der Waals surface area (Å²) in [5.41, 5.74) is 4.38. The van der Waals surface area contributed by atoms with E-state index in [1.807, 2.05) is 14.1 Å². The summed E-state index contributed by atoms with van der Waals surface area (Å²) >= 11 is 0. The van der Waals surface area contributed by atoms with Crippen molar-refractivity contribution in [1.29, 1.82) is 0 Å². The molecule has 28 heavy (non-hydrogen) atoms. The van der Waals surface area contributed by atoms with Crippen LogP contribution in [-0.2, 0) is 6.42 Å². The van der Waals surface area contributed by atoms with Crippen LogP contribution in [0.3, 0.4) is 0 Å². The minimum atomic E-state index is -0.160. The van der Waals surface area contributed by atoms with E-state index in [1.54, 1.807) is 32.4 Å². The van der Waals surface area contributed by atoms with Gasteiger partial charge in [0.05, 0.1) is 25.8 Å². The highest BCUT2D eigenvalue weighted by atomic mass is 16.5. The molecule has 1 aliphatic heterocycles. The number of benzene rings is 2. The predicted octanol–water partition coefficient (Wildman–Crippen LogP) is 2.73. The van der Waals surface area contributed by atoms with E-state index >= 15 is 0 Å². The highest BCUT2D eigenvalue weighted by Gasteiger charge is 2.21. The number of rotatable bonds is 7. The Kier molecular flexibility index (Phi) is 6.09. The zero-order valence-electron chi connectivity index (χ0n) is 17.3. The minimum absolute atomic E-state index is 0.0874. The van der Waals surface area contributed by atoms with Crippen molar-refractivity contribution in [3.05, 3.63) is 53.1 Å². The molecule has 1 unspecified atom stereocenters. The Balaban J connectivity index is 1.75. The van der Waals surface area contributed by atoms with Crippen LogP contribution in [0.2, 0.25) is 0 Å². The molecule has 0 aromatic heterocycles. The molecule has 0 bridgehead atoms. The van der Waals surface area contributed by atoms with Gasteiger partial charge in [0.1, 0.15) is 11.5 Å². The number of nitrogens with one attached hydrogen (secondary N) is 1. The van der Waals surface area contributed by atoms with Gasteiger partial charge in [-0.25, -0.2) is 0 Å². The fraction of sp³-hybridized carbons (Fsp3) is 0.409. The van der Waals surface area contributed by atoms with Gasteiger partial charge in [0.15, 0.2) is 0 Å². The topological polar surface area (TPSA) is 54.0 Å². The van der Waals surface area contributed by atoms with Crippen molar-refractivity contribution >= 4 is 11.6 Å². The molecule has 1 atom stereocenters. The molecule has 0 spiro atoms. The molecule has 0 aliphatic carbocycles. The summed E-state index contributed by atoms with van der Waals surface area (Å²) in [6.07, 6.45) is 1.06. The zero-order chi connectivity index (χ0) is 20.3. The first kappa shape index (κ1) is 20.0. The standard InChI is InChI=1S/C22H29N3O3/c1-24(2)20(15-6-9-19-16(12-15)10-11-25(19)3)14-23-22(26)18-8-7-17(27-4)13-21(18)28-5/h6-9,12-13,20H,10-11,14H2,1-5H3,(H,23,26). The molecule has 2 aromatic rings. The molecular formula is C22H29N3O3. The number of fused-ring (bicyclic) bond motifs is 1. The lowest BCUT2D eigenvalue weighted by Gasteiger charge is -2.26. The first-order valence-electron chi connectivity index (χ1n) is 9.45. The molecule has 6 nitrogen and oxygen atoms in total. The lowest BCUT2D eigenvalue weighted by atomic mass is 10.0. The third kappa shape index (κ3) is 4.07. The summed E-state index contributed by atoms with van der Waals surface area (Å²) in [6.45, 7) is 1.56. The molecule has 6 heteroatoms. The fourth-order valence-electron chi connectivity index (χ4n) is 3.66. The van der Waals surface area contributed by atoms with E-state index in [9.17, 15) is 4.79 Å². The van der Waals surface area contributed by atoms with Crippen molar-refractivity contribution in [3.63, 3.8) is 0 Å². The smallest absolute Gasteiger partial charge is 0.255 e. The summed E-state index contributed by atoms with van der Waals surface area (Å²) in [7, 11) is 9.33. The summed E-state index contributed by atoms with van der Waals surface area (Å²) in [4.78, 5) is 17.2. The van der Waals surface area contributed by atoms with Gasteiger partial charge in [0.25, 0.3) is 5.91 Å². The van der Waals surface area contributed by atoms with Crippen LogP contribution in [0.4, 0.5) is 5.69 Å². The number of anilines is 1. The molecule has 1 heterocycles. The van der Waals surface area contributed by atoms with Gasteiger partial charge in [0.2, 0.25) is 0 Å². The highest BCUT2D eigenvalue weighted by Crippen LogP contribution is 2.30. The minimum Gasteiger partial charge on any atom is -0.497 e. The Labute approximate surface area is 167 Å². The van der Waals surface area contributed by atoms with Crippen molar-refractivity contribution in [1.82, 2.24) is 10.2 Å². The van der Waals surface area contributed by atoms with E-state index < -0.39 is 0 Å². The second-order valence-electron chi connectivity index (χ2n) is 7.32. The molecule has 3 rings (SSSR count). The lowest BCUT2D eigenvalue weighted by molar-refractivity contribution is 0.0939. The number of hydrogen-bond donors (Lipinski definition) is 1. The Bertz CT molecular complexity index is 851. The van der Waals surface area contributed by atoms with Crippen molar-refractivity contribution in [3.8, 4) is 11.5 Å². The van der Waals surface area contributed by atoms with Crippen LogP contribution < -0.4 is 19.7 Å². The Hall–Kier alpha value is -2.73. The van der Waals surface area contributed by atoms with Crippen molar-refractivity contribution in [2.45, 2.75) is 12.5 Å². The van der Waals surface area contributed by atoms with E-state index in [0.29, 0.717) is 23.6 Å². The summed E-state index contributed by atoms with van der Waals surface area (Å²) in [5.74, 6) is 0.994. The Morgan fingerprint density at radius 2 is 1.96 bits per heavy atom. The number of carbonyl (C=O) groups excluding carboxylic acids is 1. The molecular weight excluding hydrogens is 354 g/mol. The summed E-state index contributed by atoms with van der Waals surface area (Å²) < 4.78 is 10.6. The second-order valence-corrected chi connectivity index (χ2v) is 7.32. The van der Waals surface area contributed by atoms with Crippen molar-refractivity contribution in [2.75, 3.05) is 53.4 Å². The number of likely N-dealkylation sites (N-methyl/N-ethyl adjacent to an activating group) is 2. The molecule has 0 saturated carbocycles. The van der Waals surface area contributed by atoms with Crippen molar-refractivity contribution < 1.29 is 14.3 Å². The number of carbonyl (C=O) groups is 1. The van der Waals surface area contributed by atoms with E-state index in [2.05, 4.69) is 40.4 Å². The Morgan fingerprint density at radius 1 is 1.18 bits per heavy atom. The van der Waals surface area contributed by atoms with E-state index in [4.69, 9.17) is 9.47 Å². The average Bonchev–Trinajstić information content (AvgIpc) is 3.07. The van der Waals surface area contributed by atoms with Crippen LogP contribution in [0.1, 0.15) is 27.5 Å². The van der Waals surface area contributed by atoms with Gasteiger partial charge >= 0.3 is 0 Å². The van der Waals surface area contributed by atoms with Gasteiger partial charge in [-0.05, 0) is 49.8 Å². The maximum Gasteiger partial charge on any atom is 0.255 e. The highest BCUT2D eigenvalue weighted by molar-refractivity contribution is 5.97. The molecule has 0 saturated heterocycles. The number of methoxy groups -OCH3 is 2. The van der Waals surface area contributed by atoms with Gasteiger partial charge in [-0.1, -0.05) is 12.1 Å². The molecule has 1 aliphatic rings.